The smallest absolute Gasteiger partial charge is 0.279 e. The summed E-state index contributed by atoms with van der Waals surface area (Å²) in [5.41, 5.74) is 0.901. The molecule has 1 aliphatic carbocycles. The topological polar surface area (TPSA) is 92.5 Å². The van der Waals surface area contributed by atoms with Gasteiger partial charge in [-0.15, -0.1) is 11.8 Å². The molecule has 2 rings (SSSR count). The van der Waals surface area contributed by atoms with Crippen molar-refractivity contribution in [2.24, 2.45) is 10.1 Å². The number of aliphatic hydroxyl groups excluding tert-OH is 1. The van der Waals surface area contributed by atoms with E-state index < -0.39 is 0 Å². The van der Waals surface area contributed by atoms with Crippen molar-refractivity contribution in [2.45, 2.75) is 84.3 Å². The Morgan fingerprint density at radius 2 is 1.69 bits per heavy atom. The van der Waals surface area contributed by atoms with Crippen molar-refractivity contribution in [3.63, 3.8) is 0 Å². The SMILES string of the molecule is CC.CC.CC.CCN=C(NC(=O)/C(=N/OCCCOC)c1ccc(SC2CC2)cc1)SCCCO. The van der Waals surface area contributed by atoms with Crippen LogP contribution >= 0.6 is 23.5 Å². The minimum absolute atomic E-state index is 0.105. The average molecular weight is 544 g/mol. The van der Waals surface area contributed by atoms with Crippen molar-refractivity contribution in [3.8, 4) is 0 Å². The maximum atomic E-state index is 13.0. The lowest BCUT2D eigenvalue weighted by atomic mass is 10.1. The van der Waals surface area contributed by atoms with E-state index in [9.17, 15) is 4.79 Å². The highest BCUT2D eigenvalue weighted by molar-refractivity contribution is 8.13. The van der Waals surface area contributed by atoms with Crippen molar-refractivity contribution in [3.05, 3.63) is 29.8 Å². The highest BCUT2D eigenvalue weighted by Gasteiger charge is 2.23. The quantitative estimate of drug-likeness (QED) is 0.130. The van der Waals surface area contributed by atoms with Gasteiger partial charge in [0.2, 0.25) is 0 Å². The Balaban J connectivity index is 0. The van der Waals surface area contributed by atoms with Crippen LogP contribution in [0.2, 0.25) is 0 Å². The zero-order chi connectivity index (χ0) is 27.6. The lowest BCUT2D eigenvalue weighted by Gasteiger charge is -2.11. The van der Waals surface area contributed by atoms with Gasteiger partial charge in [0.05, 0.1) is 0 Å². The molecule has 0 radical (unpaired) electrons. The fourth-order valence-corrected chi connectivity index (χ4v) is 4.23. The van der Waals surface area contributed by atoms with Gasteiger partial charge < -0.3 is 14.7 Å². The minimum Gasteiger partial charge on any atom is -0.396 e. The van der Waals surface area contributed by atoms with E-state index in [-0.39, 0.29) is 18.2 Å². The summed E-state index contributed by atoms with van der Waals surface area (Å²) in [5, 5.41) is 17.2. The molecule has 0 heterocycles. The van der Waals surface area contributed by atoms with Gasteiger partial charge in [0.1, 0.15) is 6.61 Å². The maximum absolute atomic E-state index is 13.0. The zero-order valence-corrected chi connectivity index (χ0v) is 25.3. The first-order chi connectivity index (χ1) is 17.7. The Labute approximate surface area is 228 Å². The Hall–Kier alpha value is -1.55. The number of benzene rings is 1. The first kappa shape index (κ1) is 36.6. The Morgan fingerprint density at radius 1 is 1.06 bits per heavy atom. The number of thioether (sulfide) groups is 2. The highest BCUT2D eigenvalue weighted by atomic mass is 32.2. The molecule has 36 heavy (non-hydrogen) atoms. The summed E-state index contributed by atoms with van der Waals surface area (Å²) < 4.78 is 5.01. The predicted molar refractivity (Wildman–Crippen MR) is 159 cm³/mol. The lowest BCUT2D eigenvalue weighted by Crippen LogP contribution is -2.35. The van der Waals surface area contributed by atoms with Crippen molar-refractivity contribution < 1.29 is 19.5 Å². The van der Waals surface area contributed by atoms with Gasteiger partial charge in [-0.1, -0.05) is 70.6 Å². The van der Waals surface area contributed by atoms with E-state index in [0.717, 1.165) is 5.25 Å². The molecule has 1 aromatic rings. The Bertz CT molecular complexity index is 709. The van der Waals surface area contributed by atoms with Crippen LogP contribution in [-0.4, -0.2) is 66.4 Å². The average Bonchev–Trinajstić information content (AvgIpc) is 3.74. The molecule has 0 bridgehead atoms. The first-order valence-electron chi connectivity index (χ1n) is 13.2. The van der Waals surface area contributed by atoms with Gasteiger partial charge in [-0.05, 0) is 38.3 Å². The lowest BCUT2D eigenvalue weighted by molar-refractivity contribution is -0.113. The van der Waals surface area contributed by atoms with E-state index in [1.165, 1.54) is 29.5 Å². The first-order valence-corrected chi connectivity index (χ1v) is 15.1. The number of methoxy groups -OCH3 is 1. The number of carbonyl (C=O) groups excluding carboxylic acids is 1. The molecule has 1 aromatic carbocycles. The van der Waals surface area contributed by atoms with Crippen LogP contribution < -0.4 is 5.32 Å². The van der Waals surface area contributed by atoms with Crippen LogP contribution in [0.25, 0.3) is 0 Å². The molecule has 9 heteroatoms. The molecule has 1 fully saturated rings. The number of nitrogens with one attached hydrogen (secondary N) is 1. The summed E-state index contributed by atoms with van der Waals surface area (Å²) in [6, 6.07) is 7.83. The molecule has 208 valence electrons. The Morgan fingerprint density at radius 3 is 2.22 bits per heavy atom. The summed E-state index contributed by atoms with van der Waals surface area (Å²) in [4.78, 5) is 23.9. The van der Waals surface area contributed by atoms with Gasteiger partial charge in [0, 0.05) is 54.8 Å². The molecule has 7 nitrogen and oxygen atoms in total. The van der Waals surface area contributed by atoms with Gasteiger partial charge >= 0.3 is 0 Å². The van der Waals surface area contributed by atoms with Crippen LogP contribution in [-0.2, 0) is 14.4 Å². The van der Waals surface area contributed by atoms with Crippen LogP contribution in [0.1, 0.15) is 79.7 Å². The molecular weight excluding hydrogens is 494 g/mol. The normalized spacial score (nSPS) is 12.7. The second-order valence-electron chi connectivity index (χ2n) is 6.62. The van der Waals surface area contributed by atoms with E-state index in [2.05, 4.69) is 15.5 Å². The third-order valence-electron chi connectivity index (χ3n) is 3.97. The molecule has 1 saturated carbocycles. The van der Waals surface area contributed by atoms with E-state index in [0.29, 0.717) is 49.1 Å². The van der Waals surface area contributed by atoms with Gasteiger partial charge in [-0.3, -0.25) is 15.1 Å². The van der Waals surface area contributed by atoms with Crippen molar-refractivity contribution in [1.82, 2.24) is 5.32 Å². The molecule has 0 aliphatic heterocycles. The van der Waals surface area contributed by atoms with Gasteiger partial charge in [0.15, 0.2) is 10.9 Å². The van der Waals surface area contributed by atoms with E-state index in [1.807, 2.05) is 84.5 Å². The number of nitrogens with zero attached hydrogens (tertiary/aromatic N) is 2. The zero-order valence-electron chi connectivity index (χ0n) is 23.6. The van der Waals surface area contributed by atoms with Crippen molar-refractivity contribution >= 4 is 40.3 Å². The van der Waals surface area contributed by atoms with Gasteiger partial charge in [-0.25, -0.2) is 0 Å². The van der Waals surface area contributed by atoms with Gasteiger partial charge in [0.25, 0.3) is 5.91 Å². The second kappa shape index (κ2) is 26.5. The number of ether oxygens (including phenoxy) is 1. The Kier molecular flexibility index (Phi) is 27.0. The molecule has 0 atom stereocenters. The van der Waals surface area contributed by atoms with Crippen molar-refractivity contribution in [2.75, 3.05) is 39.2 Å². The molecule has 0 aromatic heterocycles. The molecule has 2 N–H and O–H groups in total. The number of hydrogen-bond acceptors (Lipinski definition) is 8. The minimum atomic E-state index is -0.368. The van der Waals surface area contributed by atoms with Gasteiger partial charge in [-0.2, -0.15) is 0 Å². The van der Waals surface area contributed by atoms with Crippen LogP contribution in [0.4, 0.5) is 0 Å². The van der Waals surface area contributed by atoms with Crippen LogP contribution in [0, 0.1) is 0 Å². The molecule has 0 spiro atoms. The van der Waals surface area contributed by atoms with Crippen LogP contribution in [0.3, 0.4) is 0 Å². The standard InChI is InChI=1S/C21H31N3O4S2.3C2H6/c1-3-22-21(29-15-4-12-25)23-20(26)19(24-28-14-5-13-27-2)16-6-8-17(9-7-16)30-18-10-11-18;3*1-2/h6-9,18,25H,3-5,10-15H2,1-2H3,(H,22,23,26);3*1-2H3/b24-19+;;;. The second-order valence-corrected chi connectivity index (χ2v) is 9.08. The van der Waals surface area contributed by atoms with Crippen molar-refractivity contribution in [1.29, 1.82) is 0 Å². The maximum Gasteiger partial charge on any atom is 0.279 e. The molecule has 1 amide bonds. The number of hydrogen-bond donors (Lipinski definition) is 2. The monoisotopic (exact) mass is 543 g/mol. The number of amides is 1. The third kappa shape index (κ3) is 17.8. The number of oxime groups is 1. The third-order valence-corrected chi connectivity index (χ3v) is 6.32. The number of amidine groups is 1. The fourth-order valence-electron chi connectivity index (χ4n) is 2.33. The predicted octanol–water partition coefficient (Wildman–Crippen LogP) is 6.38. The number of aliphatic hydroxyl groups is 1. The summed E-state index contributed by atoms with van der Waals surface area (Å²) in [5.74, 6) is 0.302. The number of carbonyl (C=O) groups is 1. The summed E-state index contributed by atoms with van der Waals surface area (Å²) >= 11 is 3.27. The highest BCUT2D eigenvalue weighted by Crippen LogP contribution is 2.39. The van der Waals surface area contributed by atoms with E-state index in [4.69, 9.17) is 14.7 Å². The van der Waals surface area contributed by atoms with Crippen LogP contribution in [0.15, 0.2) is 39.3 Å². The number of aliphatic imine (C=N–C) groups is 1. The van der Waals surface area contributed by atoms with E-state index >= 15 is 0 Å². The summed E-state index contributed by atoms with van der Waals surface area (Å²) in [7, 11) is 1.63. The largest absolute Gasteiger partial charge is 0.396 e. The summed E-state index contributed by atoms with van der Waals surface area (Å²) in [6.45, 7) is 15.5. The summed E-state index contributed by atoms with van der Waals surface area (Å²) in [6.07, 6.45) is 3.85. The molecule has 0 saturated heterocycles. The number of rotatable bonds is 13. The van der Waals surface area contributed by atoms with Crippen LogP contribution in [0.5, 0.6) is 0 Å². The molecular formula is C27H49N3O4S2. The fraction of sp³-hybridized carbons (Fsp3) is 0.667. The molecule has 1 aliphatic rings. The molecule has 0 unspecified atom stereocenters. The van der Waals surface area contributed by atoms with E-state index in [1.54, 1.807) is 7.11 Å².